The van der Waals surface area contributed by atoms with E-state index in [0.717, 1.165) is 17.9 Å². The molecule has 0 fully saturated rings. The van der Waals surface area contributed by atoms with Gasteiger partial charge >= 0.3 is 0 Å². The largest absolute Gasteiger partial charge is 0.490 e. The van der Waals surface area contributed by atoms with E-state index in [-0.39, 0.29) is 11.5 Å². The van der Waals surface area contributed by atoms with E-state index in [4.69, 9.17) is 9.47 Å². The summed E-state index contributed by atoms with van der Waals surface area (Å²) in [6.07, 6.45) is 1.53. The minimum atomic E-state index is -2.94. The van der Waals surface area contributed by atoms with Gasteiger partial charge in [-0.3, -0.25) is 0 Å². The molecule has 0 radical (unpaired) electrons. The Morgan fingerprint density at radius 2 is 1.90 bits per heavy atom. The minimum absolute atomic E-state index is 0.148. The molecule has 112 valence electrons. The normalized spacial score (nSPS) is 14.7. The highest BCUT2D eigenvalue weighted by Gasteiger charge is 2.12. The van der Waals surface area contributed by atoms with Gasteiger partial charge in [0.05, 0.1) is 19.0 Å². The summed E-state index contributed by atoms with van der Waals surface area (Å²) in [6, 6.07) is 5.58. The molecule has 0 spiro atoms. The van der Waals surface area contributed by atoms with Crippen LogP contribution >= 0.6 is 0 Å². The molecule has 1 aliphatic heterocycles. The first kappa shape index (κ1) is 15.0. The highest BCUT2D eigenvalue weighted by molar-refractivity contribution is 7.91. The lowest BCUT2D eigenvalue weighted by molar-refractivity contribution is 0.297. The van der Waals surface area contributed by atoms with Gasteiger partial charge in [0.1, 0.15) is 0 Å². The fraction of sp³-hybridized carbons (Fsp3) is 0.571. The lowest BCUT2D eigenvalue weighted by Gasteiger charge is -2.11. The molecule has 1 aliphatic rings. The zero-order valence-corrected chi connectivity index (χ0v) is 12.5. The summed E-state index contributed by atoms with van der Waals surface area (Å²) in [4.78, 5) is 0. The molecule has 0 amide bonds. The Bertz CT molecular complexity index is 542. The number of benzene rings is 1. The second-order valence-corrected chi connectivity index (χ2v) is 7.09. The number of hydrogen-bond acceptors (Lipinski definition) is 5. The predicted molar refractivity (Wildman–Crippen MR) is 79.5 cm³/mol. The molecule has 6 heteroatoms. The maximum absolute atomic E-state index is 11.6. The zero-order chi connectivity index (χ0) is 14.4. The first-order chi connectivity index (χ1) is 9.61. The molecule has 0 aliphatic carbocycles. The number of ether oxygens (including phenoxy) is 2. The molecule has 1 aromatic rings. The summed E-state index contributed by atoms with van der Waals surface area (Å²) in [5.74, 6) is 1.85. The summed E-state index contributed by atoms with van der Waals surface area (Å²) in [5, 5.41) is 3.11. The molecule has 0 saturated heterocycles. The Labute approximate surface area is 120 Å². The maximum atomic E-state index is 11.6. The maximum Gasteiger partial charge on any atom is 0.163 e. The first-order valence-corrected chi connectivity index (χ1v) is 8.77. The number of rotatable bonds is 6. The van der Waals surface area contributed by atoms with E-state index in [9.17, 15) is 8.42 Å². The van der Waals surface area contributed by atoms with Gasteiger partial charge in [-0.05, 0) is 18.6 Å². The molecule has 0 aromatic heterocycles. The molecule has 0 unspecified atom stereocenters. The van der Waals surface area contributed by atoms with Crippen LogP contribution in [0.15, 0.2) is 18.2 Å². The van der Waals surface area contributed by atoms with Crippen molar-refractivity contribution < 1.29 is 17.9 Å². The van der Waals surface area contributed by atoms with E-state index in [1.165, 1.54) is 0 Å². The van der Waals surface area contributed by atoms with Crippen molar-refractivity contribution in [1.82, 2.24) is 0 Å². The summed E-state index contributed by atoms with van der Waals surface area (Å²) in [6.45, 7) is 3.58. The van der Waals surface area contributed by atoms with Crippen LogP contribution in [0.25, 0.3) is 0 Å². The van der Waals surface area contributed by atoms with Crippen LogP contribution in [0.5, 0.6) is 11.5 Å². The van der Waals surface area contributed by atoms with E-state index in [1.807, 2.05) is 25.1 Å². The quantitative estimate of drug-likeness (QED) is 0.871. The van der Waals surface area contributed by atoms with Gasteiger partial charge in [0.15, 0.2) is 21.3 Å². The van der Waals surface area contributed by atoms with Crippen molar-refractivity contribution in [2.45, 2.75) is 19.8 Å². The van der Waals surface area contributed by atoms with E-state index in [0.29, 0.717) is 31.9 Å². The summed E-state index contributed by atoms with van der Waals surface area (Å²) >= 11 is 0. The van der Waals surface area contributed by atoms with E-state index < -0.39 is 9.84 Å². The summed E-state index contributed by atoms with van der Waals surface area (Å²) in [7, 11) is -2.94. The van der Waals surface area contributed by atoms with Crippen LogP contribution in [0.1, 0.15) is 19.8 Å². The highest BCUT2D eigenvalue weighted by Crippen LogP contribution is 2.32. The summed E-state index contributed by atoms with van der Waals surface area (Å²) < 4.78 is 34.4. The third kappa shape index (κ3) is 4.30. The SMILES string of the molecule is CCCS(=O)(=O)CCNc1ccc2c(c1)OCCCO2. The predicted octanol–water partition coefficient (Wildman–Crippen LogP) is 2.08. The number of anilines is 1. The topological polar surface area (TPSA) is 64.6 Å². The average Bonchev–Trinajstić information content (AvgIpc) is 2.63. The van der Waals surface area contributed by atoms with Crippen molar-refractivity contribution in [3.05, 3.63) is 18.2 Å². The van der Waals surface area contributed by atoms with E-state index in [2.05, 4.69) is 5.32 Å². The average molecular weight is 299 g/mol. The van der Waals surface area contributed by atoms with Gasteiger partial charge < -0.3 is 14.8 Å². The van der Waals surface area contributed by atoms with Crippen LogP contribution in [0.2, 0.25) is 0 Å². The minimum Gasteiger partial charge on any atom is -0.490 e. The molecule has 0 atom stereocenters. The van der Waals surface area contributed by atoms with Gasteiger partial charge in [0.25, 0.3) is 0 Å². The van der Waals surface area contributed by atoms with Gasteiger partial charge in [-0.15, -0.1) is 0 Å². The van der Waals surface area contributed by atoms with Crippen LogP contribution in [0, 0.1) is 0 Å². The van der Waals surface area contributed by atoms with Gasteiger partial charge in [-0.2, -0.15) is 0 Å². The zero-order valence-electron chi connectivity index (χ0n) is 11.7. The molecule has 1 N–H and O–H groups in total. The Kier molecular flexibility index (Phi) is 5.11. The van der Waals surface area contributed by atoms with Crippen molar-refractivity contribution in [1.29, 1.82) is 0 Å². The number of hydrogen-bond donors (Lipinski definition) is 1. The second kappa shape index (κ2) is 6.83. The third-order valence-electron chi connectivity index (χ3n) is 3.00. The lowest BCUT2D eigenvalue weighted by Crippen LogP contribution is -2.18. The molecule has 5 nitrogen and oxygen atoms in total. The fourth-order valence-electron chi connectivity index (χ4n) is 2.04. The van der Waals surface area contributed by atoms with Crippen LogP contribution in [-0.2, 0) is 9.84 Å². The Morgan fingerprint density at radius 3 is 2.65 bits per heavy atom. The molecule has 1 heterocycles. The summed E-state index contributed by atoms with van der Waals surface area (Å²) in [5.41, 5.74) is 0.848. The molecular weight excluding hydrogens is 278 g/mol. The molecule has 1 aromatic carbocycles. The Morgan fingerprint density at radius 1 is 1.15 bits per heavy atom. The molecule has 0 saturated carbocycles. The second-order valence-electron chi connectivity index (χ2n) is 4.79. The standard InChI is InChI=1S/C14H21NO4S/c1-2-9-20(16,17)10-6-15-12-4-5-13-14(11-12)19-8-3-7-18-13/h4-5,11,15H,2-3,6-10H2,1H3. The van der Waals surface area contributed by atoms with Crippen LogP contribution < -0.4 is 14.8 Å². The molecule has 0 bridgehead atoms. The van der Waals surface area contributed by atoms with Crippen LogP contribution in [0.4, 0.5) is 5.69 Å². The van der Waals surface area contributed by atoms with Crippen LogP contribution in [0.3, 0.4) is 0 Å². The van der Waals surface area contributed by atoms with E-state index >= 15 is 0 Å². The van der Waals surface area contributed by atoms with Crippen molar-refractivity contribution in [2.24, 2.45) is 0 Å². The van der Waals surface area contributed by atoms with Crippen molar-refractivity contribution in [3.63, 3.8) is 0 Å². The van der Waals surface area contributed by atoms with Gasteiger partial charge in [-0.1, -0.05) is 6.92 Å². The number of fused-ring (bicyclic) bond motifs is 1. The molecular formula is C14H21NO4S. The van der Waals surface area contributed by atoms with Gasteiger partial charge in [0, 0.05) is 30.5 Å². The van der Waals surface area contributed by atoms with Crippen molar-refractivity contribution >= 4 is 15.5 Å². The molecule has 2 rings (SSSR count). The van der Waals surface area contributed by atoms with Gasteiger partial charge in [-0.25, -0.2) is 8.42 Å². The monoisotopic (exact) mass is 299 g/mol. The highest BCUT2D eigenvalue weighted by atomic mass is 32.2. The fourth-order valence-corrected chi connectivity index (χ4v) is 3.28. The van der Waals surface area contributed by atoms with Crippen molar-refractivity contribution in [3.8, 4) is 11.5 Å². The Hall–Kier alpha value is -1.43. The third-order valence-corrected chi connectivity index (χ3v) is 4.86. The smallest absolute Gasteiger partial charge is 0.163 e. The Balaban J connectivity index is 1.92. The van der Waals surface area contributed by atoms with Crippen molar-refractivity contribution in [2.75, 3.05) is 36.6 Å². The number of sulfone groups is 1. The van der Waals surface area contributed by atoms with Crippen LogP contribution in [-0.4, -0.2) is 39.7 Å². The van der Waals surface area contributed by atoms with Gasteiger partial charge in [0.2, 0.25) is 0 Å². The van der Waals surface area contributed by atoms with E-state index in [1.54, 1.807) is 0 Å². The number of nitrogens with one attached hydrogen (secondary N) is 1. The first-order valence-electron chi connectivity index (χ1n) is 6.94. The molecule has 20 heavy (non-hydrogen) atoms. The lowest BCUT2D eigenvalue weighted by atomic mass is 10.2.